The van der Waals surface area contributed by atoms with Gasteiger partial charge in [0.1, 0.15) is 23.5 Å². The van der Waals surface area contributed by atoms with Gasteiger partial charge in [0.15, 0.2) is 5.82 Å². The van der Waals surface area contributed by atoms with Gasteiger partial charge in [-0.3, -0.25) is 14.4 Å². The highest BCUT2D eigenvalue weighted by molar-refractivity contribution is 6.05. The quantitative estimate of drug-likeness (QED) is 0.169. The number of carbonyl (C=O) groups is 3. The molecule has 2 aromatic carbocycles. The van der Waals surface area contributed by atoms with Crippen molar-refractivity contribution in [3.63, 3.8) is 0 Å². The van der Waals surface area contributed by atoms with Crippen LogP contribution in [0.25, 0.3) is 5.57 Å². The summed E-state index contributed by atoms with van der Waals surface area (Å²) in [5.41, 5.74) is 10.2. The SMILES string of the molecule is CC[C@@H]1C(=O)N(C)c2cnc(Nc3ccc(C(=O)Nc4ccc(/C(=C/C[C@H](N)C(=O)O)C5CCCC5)cc4)cc3OC)nc2N1C1CCCC1. The maximum absolute atomic E-state index is 13.3. The molecule has 50 heavy (non-hydrogen) atoms. The normalized spacial score (nSPS) is 19.0. The minimum absolute atomic E-state index is 0.0616. The molecule has 0 radical (unpaired) electrons. The molecule has 2 aliphatic carbocycles. The zero-order chi connectivity index (χ0) is 35.4. The number of hydrogen-bond donors (Lipinski definition) is 4. The molecular weight excluding hydrogens is 634 g/mol. The van der Waals surface area contributed by atoms with Gasteiger partial charge in [0.25, 0.3) is 5.91 Å². The van der Waals surface area contributed by atoms with Crippen LogP contribution >= 0.6 is 0 Å². The largest absolute Gasteiger partial charge is 0.495 e. The summed E-state index contributed by atoms with van der Waals surface area (Å²) >= 11 is 0. The van der Waals surface area contributed by atoms with Crippen molar-refractivity contribution in [2.75, 3.05) is 34.6 Å². The Hall–Kier alpha value is -4.97. The lowest BCUT2D eigenvalue weighted by Gasteiger charge is -2.43. The standard InChI is InChI=1S/C38H47N7O5/c1-4-31-36(47)44(2)32-22-40-38(43-34(32)45(31)27-11-7-8-12-27)42-30-20-15-25(21-33(30)50-3)35(46)41-26-16-13-24(14-17-26)28(23-9-5-6-10-23)18-19-29(39)37(48)49/h13-18,20-23,27,29,31H,4-12,19,39H2,1-3H3,(H,41,46)(H,48,49)(H,40,42,43)/b28-18+/t29-,31+/m0/s1. The number of aromatic nitrogens is 2. The lowest BCUT2D eigenvalue weighted by atomic mass is 9.89. The van der Waals surface area contributed by atoms with Gasteiger partial charge < -0.3 is 36.0 Å². The molecule has 2 amide bonds. The number of rotatable bonds is 12. The fourth-order valence-corrected chi connectivity index (χ4v) is 7.56. The number of nitrogens with two attached hydrogens (primary N) is 1. The second-order valence-corrected chi connectivity index (χ2v) is 13.5. The molecule has 3 aliphatic rings. The second kappa shape index (κ2) is 15.3. The van der Waals surface area contributed by atoms with E-state index in [0.29, 0.717) is 46.7 Å². The predicted molar refractivity (Wildman–Crippen MR) is 195 cm³/mol. The van der Waals surface area contributed by atoms with Gasteiger partial charge >= 0.3 is 5.97 Å². The highest BCUT2D eigenvalue weighted by Gasteiger charge is 2.41. The van der Waals surface area contributed by atoms with Crippen molar-refractivity contribution in [2.45, 2.75) is 89.3 Å². The average molecular weight is 682 g/mol. The first-order chi connectivity index (χ1) is 24.2. The highest BCUT2D eigenvalue weighted by Crippen LogP contribution is 2.41. The number of carboxylic acids is 1. The first-order valence-corrected chi connectivity index (χ1v) is 17.7. The molecule has 1 aliphatic heterocycles. The predicted octanol–water partition coefficient (Wildman–Crippen LogP) is 6.36. The van der Waals surface area contributed by atoms with Gasteiger partial charge in [-0.05, 0) is 85.9 Å². The second-order valence-electron chi connectivity index (χ2n) is 13.5. The zero-order valence-corrected chi connectivity index (χ0v) is 29.0. The van der Waals surface area contributed by atoms with Crippen molar-refractivity contribution < 1.29 is 24.2 Å². The van der Waals surface area contributed by atoms with Crippen LogP contribution in [0, 0.1) is 5.92 Å². The Balaban J connectivity index is 1.17. The van der Waals surface area contributed by atoms with Crippen LogP contribution in [0.15, 0.2) is 54.7 Å². The van der Waals surface area contributed by atoms with Crippen molar-refractivity contribution in [3.05, 3.63) is 65.9 Å². The van der Waals surface area contributed by atoms with Crippen molar-refractivity contribution >= 4 is 52.2 Å². The van der Waals surface area contributed by atoms with E-state index < -0.39 is 12.0 Å². The van der Waals surface area contributed by atoms with E-state index in [9.17, 15) is 19.5 Å². The summed E-state index contributed by atoms with van der Waals surface area (Å²) in [5, 5.41) is 15.5. The molecule has 12 nitrogen and oxygen atoms in total. The van der Waals surface area contributed by atoms with Crippen LogP contribution < -0.4 is 30.9 Å². The fourth-order valence-electron chi connectivity index (χ4n) is 7.56. The van der Waals surface area contributed by atoms with E-state index in [1.807, 2.05) is 37.3 Å². The van der Waals surface area contributed by atoms with E-state index in [1.165, 1.54) is 0 Å². The molecular formula is C38H47N7O5. The summed E-state index contributed by atoms with van der Waals surface area (Å²) < 4.78 is 5.67. The van der Waals surface area contributed by atoms with Crippen molar-refractivity contribution in [1.82, 2.24) is 9.97 Å². The Morgan fingerprint density at radius 1 is 1.06 bits per heavy atom. The van der Waals surface area contributed by atoms with Crippen LogP contribution in [-0.4, -0.2) is 65.1 Å². The number of aliphatic carboxylic acids is 1. The molecule has 0 bridgehead atoms. The molecule has 264 valence electrons. The summed E-state index contributed by atoms with van der Waals surface area (Å²) in [6.45, 7) is 2.04. The number of nitrogens with zero attached hydrogens (tertiary/aromatic N) is 4. The summed E-state index contributed by atoms with van der Waals surface area (Å²) in [6, 6.07) is 11.8. The van der Waals surface area contributed by atoms with E-state index in [1.54, 1.807) is 43.5 Å². The number of carboxylic acid groups (broad SMARTS) is 1. The Bertz CT molecular complexity index is 1750. The van der Waals surface area contributed by atoms with Gasteiger partial charge in [0, 0.05) is 24.3 Å². The van der Waals surface area contributed by atoms with Crippen LogP contribution in [-0.2, 0) is 9.59 Å². The number of methoxy groups -OCH3 is 1. The van der Waals surface area contributed by atoms with Crippen LogP contribution in [0.2, 0.25) is 0 Å². The van der Waals surface area contributed by atoms with Gasteiger partial charge in [-0.1, -0.05) is 50.8 Å². The first kappa shape index (κ1) is 34.9. The molecule has 5 N–H and O–H groups in total. The van der Waals surface area contributed by atoms with Crippen molar-refractivity contribution in [1.29, 1.82) is 0 Å². The molecule has 2 saturated carbocycles. The van der Waals surface area contributed by atoms with Gasteiger partial charge in [-0.25, -0.2) is 4.98 Å². The van der Waals surface area contributed by atoms with Gasteiger partial charge in [0.05, 0.1) is 19.0 Å². The minimum Gasteiger partial charge on any atom is -0.495 e. The number of anilines is 5. The topological polar surface area (TPSA) is 163 Å². The molecule has 0 spiro atoms. The number of benzene rings is 2. The third-order valence-corrected chi connectivity index (χ3v) is 10.3. The number of likely N-dealkylation sites (N-methyl/N-ethyl adjacent to an activating group) is 1. The summed E-state index contributed by atoms with van der Waals surface area (Å²) in [7, 11) is 3.32. The van der Waals surface area contributed by atoms with E-state index in [2.05, 4.69) is 20.5 Å². The Labute approximate surface area is 293 Å². The number of ether oxygens (including phenoxy) is 1. The average Bonchev–Trinajstić information content (AvgIpc) is 3.86. The Morgan fingerprint density at radius 3 is 2.40 bits per heavy atom. The zero-order valence-electron chi connectivity index (χ0n) is 29.0. The van der Waals surface area contributed by atoms with Crippen molar-refractivity contribution in [2.24, 2.45) is 11.7 Å². The Kier molecular flexibility index (Phi) is 10.7. The van der Waals surface area contributed by atoms with E-state index in [0.717, 1.165) is 68.3 Å². The van der Waals surface area contributed by atoms with Gasteiger partial charge in [-0.2, -0.15) is 4.98 Å². The molecule has 1 aromatic heterocycles. The Morgan fingerprint density at radius 2 is 1.74 bits per heavy atom. The van der Waals surface area contributed by atoms with E-state index >= 15 is 0 Å². The number of amides is 2. The number of fused-ring (bicyclic) bond motifs is 1. The molecule has 12 heteroatoms. The molecule has 2 atom stereocenters. The summed E-state index contributed by atoms with van der Waals surface area (Å²) in [6.07, 6.45) is 13.4. The van der Waals surface area contributed by atoms with Crippen molar-refractivity contribution in [3.8, 4) is 5.75 Å². The lowest BCUT2D eigenvalue weighted by molar-refractivity contribution is -0.138. The highest BCUT2D eigenvalue weighted by atomic mass is 16.5. The van der Waals surface area contributed by atoms with Crippen LogP contribution in [0.1, 0.15) is 87.1 Å². The summed E-state index contributed by atoms with van der Waals surface area (Å²) in [4.78, 5) is 51.2. The fraction of sp³-hybridized carbons (Fsp3) is 0.447. The number of allylic oxidation sites excluding steroid dienone is 1. The molecule has 2 heterocycles. The molecule has 3 aromatic rings. The smallest absolute Gasteiger partial charge is 0.320 e. The molecule has 6 rings (SSSR count). The third kappa shape index (κ3) is 7.30. The maximum atomic E-state index is 13.3. The summed E-state index contributed by atoms with van der Waals surface area (Å²) in [5.74, 6) is 0.693. The maximum Gasteiger partial charge on any atom is 0.320 e. The van der Waals surface area contributed by atoms with Crippen LogP contribution in [0.3, 0.4) is 0 Å². The minimum atomic E-state index is -1.01. The number of nitrogens with one attached hydrogen (secondary N) is 2. The molecule has 0 unspecified atom stereocenters. The third-order valence-electron chi connectivity index (χ3n) is 10.3. The van der Waals surface area contributed by atoms with Crippen LogP contribution in [0.4, 0.5) is 28.8 Å². The van der Waals surface area contributed by atoms with E-state index in [-0.39, 0.29) is 30.3 Å². The monoisotopic (exact) mass is 681 g/mol. The molecule has 2 fully saturated rings. The number of hydrogen-bond acceptors (Lipinski definition) is 9. The van der Waals surface area contributed by atoms with Gasteiger partial charge in [0.2, 0.25) is 11.9 Å². The first-order valence-electron chi connectivity index (χ1n) is 17.7. The molecule has 0 saturated heterocycles. The number of carbonyl (C=O) groups excluding carboxylic acids is 2. The van der Waals surface area contributed by atoms with Gasteiger partial charge in [-0.15, -0.1) is 0 Å². The van der Waals surface area contributed by atoms with Crippen LogP contribution in [0.5, 0.6) is 5.75 Å². The van der Waals surface area contributed by atoms with E-state index in [4.69, 9.17) is 15.5 Å². The lowest BCUT2D eigenvalue weighted by Crippen LogP contribution is -2.55.